The molecule has 0 saturated carbocycles. The summed E-state index contributed by atoms with van der Waals surface area (Å²) in [6, 6.07) is 6.36. The first-order valence-electron chi connectivity index (χ1n) is 6.11. The van der Waals surface area contributed by atoms with Crippen LogP contribution >= 0.6 is 11.8 Å². The van der Waals surface area contributed by atoms with E-state index in [0.29, 0.717) is 18.0 Å². The molecule has 0 spiro atoms. The Balaban J connectivity index is 2.49. The molecule has 0 aliphatic heterocycles. The van der Waals surface area contributed by atoms with Gasteiger partial charge in [0.05, 0.1) is 5.69 Å². The zero-order valence-corrected chi connectivity index (χ0v) is 12.0. The van der Waals surface area contributed by atoms with Gasteiger partial charge in [0.2, 0.25) is 0 Å². The van der Waals surface area contributed by atoms with E-state index in [1.54, 1.807) is 36.0 Å². The van der Waals surface area contributed by atoms with E-state index in [1.165, 1.54) is 0 Å². The van der Waals surface area contributed by atoms with E-state index in [1.807, 2.05) is 6.26 Å². The highest BCUT2D eigenvalue weighted by molar-refractivity contribution is 7.98. The number of hydrogen-bond donors (Lipinski definition) is 3. The number of nitrogens with one attached hydrogen (secondary N) is 2. The van der Waals surface area contributed by atoms with Crippen molar-refractivity contribution in [2.45, 2.75) is 6.42 Å². The van der Waals surface area contributed by atoms with E-state index in [2.05, 4.69) is 10.6 Å². The fraction of sp³-hybridized carbons (Fsp3) is 0.385. The second-order valence-electron chi connectivity index (χ2n) is 3.91. The Morgan fingerprint density at radius 3 is 2.80 bits per heavy atom. The first kappa shape index (κ1) is 16.2. The summed E-state index contributed by atoms with van der Waals surface area (Å²) in [4.78, 5) is 22.1. The molecule has 1 rings (SSSR count). The van der Waals surface area contributed by atoms with Gasteiger partial charge in [-0.25, -0.2) is 9.59 Å². The van der Waals surface area contributed by atoms with Crippen molar-refractivity contribution in [1.82, 2.24) is 5.32 Å². The summed E-state index contributed by atoms with van der Waals surface area (Å²) >= 11 is 1.72. The van der Waals surface area contributed by atoms with Crippen molar-refractivity contribution in [3.63, 3.8) is 0 Å². The monoisotopic (exact) mass is 298 g/mol. The standard InChI is InChI=1S/C13H18N2O4S/c1-20-8-4-7-14-13(18)15-10-5-2-3-6-11(10)19-9-12(16)17/h2-3,5-6H,4,7-9H2,1H3,(H,16,17)(H2,14,15,18). The maximum atomic E-state index is 11.7. The third kappa shape index (κ3) is 6.33. The largest absolute Gasteiger partial charge is 0.480 e. The lowest BCUT2D eigenvalue weighted by atomic mass is 10.3. The summed E-state index contributed by atoms with van der Waals surface area (Å²) in [6.45, 7) is 0.138. The number of para-hydroxylation sites is 2. The Bertz CT molecular complexity index is 454. The molecule has 0 heterocycles. The molecule has 0 atom stereocenters. The van der Waals surface area contributed by atoms with Crippen molar-refractivity contribution in [3.05, 3.63) is 24.3 Å². The predicted molar refractivity (Wildman–Crippen MR) is 79.6 cm³/mol. The fourth-order valence-corrected chi connectivity index (χ4v) is 1.85. The fourth-order valence-electron chi connectivity index (χ4n) is 1.42. The maximum absolute atomic E-state index is 11.7. The van der Waals surface area contributed by atoms with Gasteiger partial charge in [-0.15, -0.1) is 0 Å². The predicted octanol–water partition coefficient (Wildman–Crippen LogP) is 2.02. The van der Waals surface area contributed by atoms with E-state index < -0.39 is 12.6 Å². The molecule has 0 radical (unpaired) electrons. The van der Waals surface area contributed by atoms with E-state index in [0.717, 1.165) is 12.2 Å². The van der Waals surface area contributed by atoms with Crippen molar-refractivity contribution in [1.29, 1.82) is 0 Å². The van der Waals surface area contributed by atoms with E-state index in [9.17, 15) is 9.59 Å². The van der Waals surface area contributed by atoms with Crippen molar-refractivity contribution < 1.29 is 19.4 Å². The number of ether oxygens (including phenoxy) is 1. The number of anilines is 1. The number of urea groups is 1. The van der Waals surface area contributed by atoms with Crippen LogP contribution in [0.3, 0.4) is 0 Å². The minimum absolute atomic E-state index is 0.328. The molecule has 0 saturated heterocycles. The molecule has 7 heteroatoms. The summed E-state index contributed by atoms with van der Waals surface area (Å²) < 4.78 is 5.10. The van der Waals surface area contributed by atoms with Crippen LogP contribution in [0.15, 0.2) is 24.3 Å². The van der Waals surface area contributed by atoms with Crippen molar-refractivity contribution in [3.8, 4) is 5.75 Å². The zero-order chi connectivity index (χ0) is 14.8. The van der Waals surface area contributed by atoms with Crippen LogP contribution < -0.4 is 15.4 Å². The molecule has 0 fully saturated rings. The van der Waals surface area contributed by atoms with E-state index >= 15 is 0 Å². The lowest BCUT2D eigenvalue weighted by molar-refractivity contribution is -0.139. The third-order valence-corrected chi connectivity index (χ3v) is 2.99. The normalized spacial score (nSPS) is 9.85. The van der Waals surface area contributed by atoms with Gasteiger partial charge in [-0.05, 0) is 30.6 Å². The molecular formula is C13H18N2O4S. The minimum Gasteiger partial charge on any atom is -0.480 e. The number of carbonyl (C=O) groups is 2. The molecule has 0 bridgehead atoms. The second-order valence-corrected chi connectivity index (χ2v) is 4.89. The van der Waals surface area contributed by atoms with Crippen molar-refractivity contribution in [2.24, 2.45) is 0 Å². The molecule has 20 heavy (non-hydrogen) atoms. The van der Waals surface area contributed by atoms with E-state index in [-0.39, 0.29) is 6.03 Å². The topological polar surface area (TPSA) is 87.7 Å². The van der Waals surface area contributed by atoms with Gasteiger partial charge in [0.15, 0.2) is 6.61 Å². The first-order chi connectivity index (χ1) is 9.63. The first-order valence-corrected chi connectivity index (χ1v) is 7.50. The lowest BCUT2D eigenvalue weighted by Crippen LogP contribution is -2.30. The molecule has 0 aromatic heterocycles. The highest BCUT2D eigenvalue weighted by Gasteiger charge is 2.08. The number of hydrogen-bond acceptors (Lipinski definition) is 4. The van der Waals surface area contributed by atoms with Crippen LogP contribution in [0.2, 0.25) is 0 Å². The number of thioether (sulfide) groups is 1. The Morgan fingerprint density at radius 2 is 2.10 bits per heavy atom. The Hall–Kier alpha value is -1.89. The average Bonchev–Trinajstić information content (AvgIpc) is 2.42. The van der Waals surface area contributed by atoms with Crippen LogP contribution in [0.25, 0.3) is 0 Å². The highest BCUT2D eigenvalue weighted by atomic mass is 32.2. The lowest BCUT2D eigenvalue weighted by Gasteiger charge is -2.11. The second kappa shape index (κ2) is 9.08. The third-order valence-electron chi connectivity index (χ3n) is 2.30. The average molecular weight is 298 g/mol. The quantitative estimate of drug-likeness (QED) is 0.639. The molecule has 0 unspecified atom stereocenters. The van der Waals surface area contributed by atoms with Gasteiger partial charge < -0.3 is 20.5 Å². The van der Waals surface area contributed by atoms with Crippen molar-refractivity contribution in [2.75, 3.05) is 30.5 Å². The molecule has 1 aromatic carbocycles. The molecule has 1 aromatic rings. The number of carboxylic acids is 1. The zero-order valence-electron chi connectivity index (χ0n) is 11.2. The van der Waals surface area contributed by atoms with Gasteiger partial charge in [0.1, 0.15) is 5.75 Å². The van der Waals surface area contributed by atoms with Crippen molar-refractivity contribution >= 4 is 29.4 Å². The Kier molecular flexibility index (Phi) is 7.34. The Morgan fingerprint density at radius 1 is 1.35 bits per heavy atom. The summed E-state index contributed by atoms with van der Waals surface area (Å²) in [6.07, 6.45) is 2.90. The van der Waals surface area contributed by atoms with Gasteiger partial charge in [-0.3, -0.25) is 0 Å². The van der Waals surface area contributed by atoms with Gasteiger partial charge in [0, 0.05) is 6.54 Å². The van der Waals surface area contributed by atoms with Gasteiger partial charge in [0.25, 0.3) is 0 Å². The molecule has 110 valence electrons. The molecular weight excluding hydrogens is 280 g/mol. The number of benzene rings is 1. The van der Waals surface area contributed by atoms with Crippen LogP contribution in [-0.2, 0) is 4.79 Å². The van der Waals surface area contributed by atoms with Crippen LogP contribution in [0.4, 0.5) is 10.5 Å². The minimum atomic E-state index is -1.07. The smallest absolute Gasteiger partial charge is 0.341 e. The number of rotatable bonds is 8. The van der Waals surface area contributed by atoms with Gasteiger partial charge in [-0.2, -0.15) is 11.8 Å². The number of carboxylic acid groups (broad SMARTS) is 1. The molecule has 2 amide bonds. The molecule has 0 aliphatic carbocycles. The highest BCUT2D eigenvalue weighted by Crippen LogP contribution is 2.23. The number of amides is 2. The van der Waals surface area contributed by atoms with Crippen LogP contribution in [0.5, 0.6) is 5.75 Å². The van der Waals surface area contributed by atoms with Crippen LogP contribution in [-0.4, -0.2) is 42.3 Å². The maximum Gasteiger partial charge on any atom is 0.341 e. The van der Waals surface area contributed by atoms with E-state index in [4.69, 9.17) is 9.84 Å². The van der Waals surface area contributed by atoms with Gasteiger partial charge >= 0.3 is 12.0 Å². The summed E-state index contributed by atoms with van der Waals surface area (Å²) in [5.74, 6) is 0.244. The summed E-state index contributed by atoms with van der Waals surface area (Å²) in [5.41, 5.74) is 0.441. The summed E-state index contributed by atoms with van der Waals surface area (Å²) in [7, 11) is 0. The number of carbonyl (C=O) groups excluding carboxylic acids is 1. The Labute approximate surface area is 121 Å². The number of aliphatic carboxylic acids is 1. The SMILES string of the molecule is CSCCCNC(=O)Nc1ccccc1OCC(=O)O. The molecule has 0 aliphatic rings. The molecule has 3 N–H and O–H groups in total. The summed E-state index contributed by atoms with van der Waals surface area (Å²) in [5, 5.41) is 13.9. The van der Waals surface area contributed by atoms with Gasteiger partial charge in [-0.1, -0.05) is 12.1 Å². The molecule has 6 nitrogen and oxygen atoms in total. The van der Waals surface area contributed by atoms with Crippen LogP contribution in [0.1, 0.15) is 6.42 Å². The van der Waals surface area contributed by atoms with Crippen LogP contribution in [0, 0.1) is 0 Å².